The fraction of sp³-hybridized carbons (Fsp3) is 0.200. The number of halogens is 3. The van der Waals surface area contributed by atoms with Crippen LogP contribution in [0, 0.1) is 0 Å². The Kier molecular flexibility index (Phi) is 4.81. The lowest BCUT2D eigenvalue weighted by Crippen LogP contribution is -2.07. The third-order valence-electron chi connectivity index (χ3n) is 0.999. The molecule has 0 fully saturated rings. The molecule has 92 valence electrons. The highest BCUT2D eigenvalue weighted by Crippen LogP contribution is 2.27. The maximum Gasteiger partial charge on any atom is 0.466 e. The number of phosphoric acid groups is 1. The molecule has 0 saturated heterocycles. The molecule has 0 aliphatic heterocycles. The summed E-state index contributed by atoms with van der Waals surface area (Å²) in [5.41, 5.74) is 4.08. The summed E-state index contributed by atoms with van der Waals surface area (Å²) >= 11 is 0. The fourth-order valence-corrected chi connectivity index (χ4v) is 0.484. The van der Waals surface area contributed by atoms with Gasteiger partial charge in [-0.25, -0.2) is 14.5 Å². The van der Waals surface area contributed by atoms with Gasteiger partial charge in [-0.2, -0.15) is 13.2 Å². The van der Waals surface area contributed by atoms with Crippen LogP contribution in [0.15, 0.2) is 12.4 Å². The Morgan fingerprint density at radius 2 is 1.50 bits per heavy atom. The fourth-order valence-electron chi connectivity index (χ4n) is 0.484. The lowest BCUT2D eigenvalue weighted by Gasteiger charge is -2.03. The van der Waals surface area contributed by atoms with Crippen molar-refractivity contribution in [2.24, 2.45) is 0 Å². The topological polar surface area (TPSA) is 130 Å². The van der Waals surface area contributed by atoms with Crippen molar-refractivity contribution < 1.29 is 32.4 Å². The second kappa shape index (κ2) is 5.21. The average Bonchev–Trinajstić information content (AvgIpc) is 1.99. The van der Waals surface area contributed by atoms with Crippen molar-refractivity contribution in [1.82, 2.24) is 9.97 Å². The maximum absolute atomic E-state index is 11.8. The molecule has 0 unspecified atom stereocenters. The molecule has 7 nitrogen and oxygen atoms in total. The molecule has 0 saturated carbocycles. The van der Waals surface area contributed by atoms with E-state index in [1.807, 2.05) is 0 Å². The van der Waals surface area contributed by atoms with Gasteiger partial charge in [-0.15, -0.1) is 0 Å². The predicted octanol–water partition coefficient (Wildman–Crippen LogP) is 0.149. The molecule has 0 bridgehead atoms. The summed E-state index contributed by atoms with van der Waals surface area (Å²) in [7, 11) is -4.64. The molecule has 1 rings (SSSR count). The molecular weight excluding hydrogens is 254 g/mol. The first-order valence-corrected chi connectivity index (χ1v) is 4.99. The molecule has 11 heteroatoms. The van der Waals surface area contributed by atoms with E-state index in [2.05, 4.69) is 9.97 Å². The van der Waals surface area contributed by atoms with Gasteiger partial charge < -0.3 is 20.4 Å². The van der Waals surface area contributed by atoms with Crippen molar-refractivity contribution in [2.45, 2.75) is 6.18 Å². The zero-order valence-electron chi connectivity index (χ0n) is 7.46. The van der Waals surface area contributed by atoms with E-state index in [9.17, 15) is 13.2 Å². The number of hydrogen-bond acceptors (Lipinski definition) is 4. The Balaban J connectivity index is 0.000000385. The molecule has 0 aliphatic carbocycles. The van der Waals surface area contributed by atoms with Crippen LogP contribution in [0.5, 0.6) is 0 Å². The van der Waals surface area contributed by atoms with Gasteiger partial charge >= 0.3 is 14.0 Å². The minimum absolute atomic E-state index is 0.169. The van der Waals surface area contributed by atoms with Gasteiger partial charge in [-0.05, 0) is 0 Å². The van der Waals surface area contributed by atoms with Crippen LogP contribution in [0.1, 0.15) is 5.56 Å². The Labute approximate surface area is 87.0 Å². The molecule has 1 aromatic heterocycles. The normalized spacial score (nSPS) is 11.6. The van der Waals surface area contributed by atoms with Gasteiger partial charge in [0.25, 0.3) is 0 Å². The van der Waals surface area contributed by atoms with E-state index < -0.39 is 19.6 Å². The molecule has 0 aliphatic rings. The molecular formula is C5H7F3N3O4P. The van der Waals surface area contributed by atoms with Crippen LogP contribution in [0.3, 0.4) is 0 Å². The van der Waals surface area contributed by atoms with E-state index >= 15 is 0 Å². The van der Waals surface area contributed by atoms with Crippen LogP contribution in [0.25, 0.3) is 0 Å². The summed E-state index contributed by atoms with van der Waals surface area (Å²) in [4.78, 5) is 27.9. The molecule has 0 spiro atoms. The number of alkyl halides is 3. The highest BCUT2D eigenvalue weighted by atomic mass is 31.2. The highest BCUT2D eigenvalue weighted by molar-refractivity contribution is 7.45. The van der Waals surface area contributed by atoms with Crippen LogP contribution >= 0.6 is 7.82 Å². The summed E-state index contributed by atoms with van der Waals surface area (Å²) in [5.74, 6) is -0.169. The van der Waals surface area contributed by atoms with Crippen LogP contribution in [-0.2, 0) is 10.7 Å². The van der Waals surface area contributed by atoms with Crippen molar-refractivity contribution in [3.8, 4) is 0 Å². The molecule has 0 atom stereocenters. The lowest BCUT2D eigenvalue weighted by molar-refractivity contribution is -0.138. The van der Waals surface area contributed by atoms with Crippen LogP contribution in [-0.4, -0.2) is 24.6 Å². The van der Waals surface area contributed by atoms with E-state index in [0.717, 1.165) is 0 Å². The Morgan fingerprint density at radius 1 is 1.19 bits per heavy atom. The number of nitrogens with two attached hydrogens (primary N) is 1. The van der Waals surface area contributed by atoms with E-state index in [0.29, 0.717) is 12.4 Å². The van der Waals surface area contributed by atoms with Crippen molar-refractivity contribution >= 4 is 13.8 Å². The molecule has 16 heavy (non-hydrogen) atoms. The van der Waals surface area contributed by atoms with Crippen molar-refractivity contribution in [1.29, 1.82) is 0 Å². The van der Waals surface area contributed by atoms with Gasteiger partial charge in [0.2, 0.25) is 5.95 Å². The van der Waals surface area contributed by atoms with E-state index in [1.165, 1.54) is 0 Å². The first kappa shape index (κ1) is 14.8. The minimum atomic E-state index is -4.64. The van der Waals surface area contributed by atoms with Crippen LogP contribution < -0.4 is 5.73 Å². The van der Waals surface area contributed by atoms with Gasteiger partial charge in [0.15, 0.2) is 0 Å². The van der Waals surface area contributed by atoms with Crippen molar-refractivity contribution in [3.05, 3.63) is 18.0 Å². The highest BCUT2D eigenvalue weighted by Gasteiger charge is 2.31. The smallest absolute Gasteiger partial charge is 0.368 e. The number of aromatic nitrogens is 2. The van der Waals surface area contributed by atoms with E-state index in [4.69, 9.17) is 25.0 Å². The Hall–Kier alpha value is -1.22. The second-order valence-electron chi connectivity index (χ2n) is 2.34. The Bertz CT molecular complexity index is 367. The first-order chi connectivity index (χ1) is 7.00. The third-order valence-corrected chi connectivity index (χ3v) is 0.999. The third kappa shape index (κ3) is 8.12. The SMILES string of the molecule is Nc1ncc(C(F)(F)F)cn1.O=P(O)(O)O. The standard InChI is InChI=1S/C5H4F3N3.H3O4P/c6-5(7,8)3-1-10-4(9)11-2-3;1-5(2,3)4/h1-2H,(H2,9,10,11);(H3,1,2,3,4). The largest absolute Gasteiger partial charge is 0.466 e. The average molecular weight is 261 g/mol. The van der Waals surface area contributed by atoms with Gasteiger partial charge in [-0.3, -0.25) is 0 Å². The molecule has 1 aromatic rings. The quantitative estimate of drug-likeness (QED) is 0.489. The maximum atomic E-state index is 11.8. The number of rotatable bonds is 0. The summed E-state index contributed by atoms with van der Waals surface area (Å²) in [6.07, 6.45) is -3.11. The van der Waals surface area contributed by atoms with E-state index in [1.54, 1.807) is 0 Å². The zero-order valence-corrected chi connectivity index (χ0v) is 8.35. The zero-order chi connectivity index (χ0) is 13.0. The van der Waals surface area contributed by atoms with Gasteiger partial charge in [-0.1, -0.05) is 0 Å². The summed E-state index contributed by atoms with van der Waals surface area (Å²) < 4.78 is 44.3. The first-order valence-electron chi connectivity index (χ1n) is 3.43. The van der Waals surface area contributed by atoms with Gasteiger partial charge in [0.05, 0.1) is 5.56 Å². The minimum Gasteiger partial charge on any atom is -0.368 e. The number of nitrogens with zero attached hydrogens (tertiary/aromatic N) is 2. The van der Waals surface area contributed by atoms with Crippen molar-refractivity contribution in [2.75, 3.05) is 5.73 Å². The number of hydrogen-bond donors (Lipinski definition) is 4. The summed E-state index contributed by atoms with van der Waals surface area (Å²) in [5, 5.41) is 0. The second-order valence-corrected chi connectivity index (χ2v) is 3.37. The molecule has 0 aromatic carbocycles. The van der Waals surface area contributed by atoms with Gasteiger partial charge in [0, 0.05) is 12.4 Å². The van der Waals surface area contributed by atoms with Crippen molar-refractivity contribution in [3.63, 3.8) is 0 Å². The molecule has 0 radical (unpaired) electrons. The summed E-state index contributed by atoms with van der Waals surface area (Å²) in [6.45, 7) is 0. The monoisotopic (exact) mass is 261 g/mol. The van der Waals surface area contributed by atoms with E-state index in [-0.39, 0.29) is 5.95 Å². The molecule has 1 heterocycles. The number of nitrogen functional groups attached to an aromatic ring is 1. The molecule has 5 N–H and O–H groups in total. The molecule has 0 amide bonds. The summed E-state index contributed by atoms with van der Waals surface area (Å²) in [6, 6.07) is 0. The van der Waals surface area contributed by atoms with Gasteiger partial charge in [0.1, 0.15) is 0 Å². The van der Waals surface area contributed by atoms with Crippen LogP contribution in [0.2, 0.25) is 0 Å². The Morgan fingerprint density at radius 3 is 1.75 bits per heavy atom. The predicted molar refractivity (Wildman–Crippen MR) is 45.7 cm³/mol. The van der Waals surface area contributed by atoms with Crippen LogP contribution in [0.4, 0.5) is 19.1 Å². The number of anilines is 1. The lowest BCUT2D eigenvalue weighted by atomic mass is 10.3.